The first kappa shape index (κ1) is 21.6. The molecule has 0 aliphatic carbocycles. The van der Waals surface area contributed by atoms with E-state index in [0.29, 0.717) is 22.5 Å². The lowest BCUT2D eigenvalue weighted by atomic mass is 9.79. The Morgan fingerprint density at radius 1 is 1.03 bits per heavy atom. The van der Waals surface area contributed by atoms with E-state index in [0.717, 1.165) is 29.8 Å². The van der Waals surface area contributed by atoms with Crippen LogP contribution in [0, 0.1) is 0 Å². The summed E-state index contributed by atoms with van der Waals surface area (Å²) in [5.74, 6) is 0.940. The van der Waals surface area contributed by atoms with E-state index in [-0.39, 0.29) is 16.8 Å². The molecule has 0 amide bonds. The highest BCUT2D eigenvalue weighted by atomic mass is 35.5. The molecule has 8 heteroatoms. The number of halogens is 1. The molecular formula is C23H29ClN6O. The van der Waals surface area contributed by atoms with E-state index in [1.165, 1.54) is 0 Å². The molecule has 4 rings (SSSR count). The lowest BCUT2D eigenvalue weighted by Crippen LogP contribution is -2.62. The van der Waals surface area contributed by atoms with Gasteiger partial charge in [-0.1, -0.05) is 17.7 Å². The van der Waals surface area contributed by atoms with Crippen molar-refractivity contribution in [1.82, 2.24) is 25.5 Å². The highest BCUT2D eigenvalue weighted by Gasteiger charge is 2.39. The number of anilines is 1. The fourth-order valence-corrected chi connectivity index (χ4v) is 4.97. The fourth-order valence-electron chi connectivity index (χ4n) is 4.76. The largest absolute Gasteiger partial charge is 0.507 e. The van der Waals surface area contributed by atoms with Crippen LogP contribution in [-0.2, 0) is 0 Å². The predicted molar refractivity (Wildman–Crippen MR) is 124 cm³/mol. The number of nitrogens with zero attached hydrogens (tertiary/aromatic N) is 4. The number of nitrogens with one attached hydrogen (secondary N) is 2. The van der Waals surface area contributed by atoms with Crippen molar-refractivity contribution in [3.05, 3.63) is 41.9 Å². The maximum Gasteiger partial charge on any atom is 0.147 e. The summed E-state index contributed by atoms with van der Waals surface area (Å²) in [5, 5.41) is 21.3. The third-order valence-electron chi connectivity index (χ3n) is 5.89. The van der Waals surface area contributed by atoms with Crippen LogP contribution in [0.25, 0.3) is 22.4 Å². The Hall–Kier alpha value is -2.64. The summed E-state index contributed by atoms with van der Waals surface area (Å²) in [4.78, 5) is 11.4. The number of piperidine rings is 1. The smallest absolute Gasteiger partial charge is 0.147 e. The SMILES string of the molecule is CN(c1cnc(-c2ccc(-c3cn[nH]c3Cl)cc2O)cn1)C1CC(C)(C)NC(C)(C)C1. The molecule has 1 fully saturated rings. The Morgan fingerprint density at radius 2 is 1.74 bits per heavy atom. The zero-order chi connectivity index (χ0) is 22.4. The second-order valence-corrected chi connectivity index (χ2v) is 10.0. The quantitative estimate of drug-likeness (QED) is 0.547. The molecule has 31 heavy (non-hydrogen) atoms. The number of hydrogen-bond acceptors (Lipinski definition) is 6. The number of aromatic hydroxyl groups is 1. The number of phenolic OH excluding ortho intramolecular Hbond substituents is 1. The first-order chi connectivity index (χ1) is 14.5. The van der Waals surface area contributed by atoms with Crippen LogP contribution >= 0.6 is 11.6 Å². The van der Waals surface area contributed by atoms with Crippen molar-refractivity contribution >= 4 is 17.4 Å². The minimum absolute atomic E-state index is 0.0550. The first-order valence-corrected chi connectivity index (χ1v) is 10.8. The highest BCUT2D eigenvalue weighted by molar-refractivity contribution is 6.32. The van der Waals surface area contributed by atoms with E-state index < -0.39 is 0 Å². The molecular weight excluding hydrogens is 412 g/mol. The van der Waals surface area contributed by atoms with Gasteiger partial charge in [-0.2, -0.15) is 5.10 Å². The van der Waals surface area contributed by atoms with Crippen molar-refractivity contribution in [2.45, 2.75) is 57.7 Å². The molecule has 3 heterocycles. The molecule has 3 aromatic rings. The van der Waals surface area contributed by atoms with Gasteiger partial charge >= 0.3 is 0 Å². The number of H-pyrrole nitrogens is 1. The van der Waals surface area contributed by atoms with E-state index in [9.17, 15) is 5.11 Å². The van der Waals surface area contributed by atoms with Crippen LogP contribution in [0.3, 0.4) is 0 Å². The van der Waals surface area contributed by atoms with Gasteiger partial charge in [0.15, 0.2) is 0 Å². The number of hydrogen-bond donors (Lipinski definition) is 3. The molecule has 0 spiro atoms. The third kappa shape index (κ3) is 4.52. The van der Waals surface area contributed by atoms with Gasteiger partial charge in [0.25, 0.3) is 0 Å². The number of phenols is 1. The summed E-state index contributed by atoms with van der Waals surface area (Å²) >= 11 is 6.10. The van der Waals surface area contributed by atoms with Crippen LogP contribution in [-0.4, -0.2) is 49.4 Å². The van der Waals surface area contributed by atoms with Gasteiger partial charge in [-0.3, -0.25) is 10.1 Å². The molecule has 1 aromatic carbocycles. The molecule has 3 N–H and O–H groups in total. The molecule has 0 radical (unpaired) electrons. The molecule has 1 aliphatic heterocycles. The summed E-state index contributed by atoms with van der Waals surface area (Å²) in [5.41, 5.74) is 2.86. The number of benzene rings is 1. The summed E-state index contributed by atoms with van der Waals surface area (Å²) in [6, 6.07) is 5.72. The van der Waals surface area contributed by atoms with E-state index in [2.05, 4.69) is 65.1 Å². The zero-order valence-electron chi connectivity index (χ0n) is 18.6. The molecule has 0 atom stereocenters. The van der Waals surface area contributed by atoms with Gasteiger partial charge in [-0.25, -0.2) is 4.98 Å². The predicted octanol–water partition coefficient (Wildman–Crippen LogP) is 4.64. The van der Waals surface area contributed by atoms with Crippen LogP contribution in [0.15, 0.2) is 36.8 Å². The number of rotatable bonds is 4. The maximum absolute atomic E-state index is 10.6. The molecule has 1 saturated heterocycles. The first-order valence-electron chi connectivity index (χ1n) is 10.4. The minimum atomic E-state index is 0.0550. The van der Waals surface area contributed by atoms with Gasteiger partial charge in [0, 0.05) is 35.3 Å². The van der Waals surface area contributed by atoms with Gasteiger partial charge < -0.3 is 15.3 Å². The molecule has 7 nitrogen and oxygen atoms in total. The Balaban J connectivity index is 1.55. The average molecular weight is 441 g/mol. The monoisotopic (exact) mass is 440 g/mol. The van der Waals surface area contributed by atoms with Gasteiger partial charge in [0.1, 0.15) is 16.7 Å². The van der Waals surface area contributed by atoms with Crippen molar-refractivity contribution in [3.63, 3.8) is 0 Å². The number of aromatic nitrogens is 4. The molecule has 2 aromatic heterocycles. The van der Waals surface area contributed by atoms with Gasteiger partial charge in [0.2, 0.25) is 0 Å². The average Bonchev–Trinajstić information content (AvgIpc) is 3.11. The van der Waals surface area contributed by atoms with Gasteiger partial charge in [-0.15, -0.1) is 0 Å². The molecule has 164 valence electrons. The Morgan fingerprint density at radius 3 is 2.29 bits per heavy atom. The zero-order valence-corrected chi connectivity index (χ0v) is 19.3. The van der Waals surface area contributed by atoms with Crippen molar-refractivity contribution in [2.75, 3.05) is 11.9 Å². The standard InChI is InChI=1S/C23H29ClN6O/c1-22(2)9-15(10-23(3,4)29-22)30(5)20-13-25-18(12-26-20)16-7-6-14(8-19(16)31)17-11-27-28-21(17)24/h6-8,11-13,15,29,31H,9-10H2,1-5H3,(H,27,28). The Labute approximate surface area is 187 Å². The van der Waals surface area contributed by atoms with Crippen LogP contribution in [0.5, 0.6) is 5.75 Å². The van der Waals surface area contributed by atoms with E-state index >= 15 is 0 Å². The summed E-state index contributed by atoms with van der Waals surface area (Å²) in [7, 11) is 2.08. The van der Waals surface area contributed by atoms with Gasteiger partial charge in [0.05, 0.1) is 24.3 Å². The summed E-state index contributed by atoms with van der Waals surface area (Å²) < 4.78 is 0. The normalized spacial score (nSPS) is 18.1. The van der Waals surface area contributed by atoms with Crippen molar-refractivity contribution < 1.29 is 5.11 Å². The van der Waals surface area contributed by atoms with Crippen molar-refractivity contribution in [2.24, 2.45) is 0 Å². The van der Waals surface area contributed by atoms with E-state index in [1.807, 2.05) is 12.1 Å². The minimum Gasteiger partial charge on any atom is -0.507 e. The second kappa shape index (κ2) is 7.80. The fraction of sp³-hybridized carbons (Fsp3) is 0.435. The molecule has 0 saturated carbocycles. The Bertz CT molecular complexity index is 1060. The number of aromatic amines is 1. The lowest BCUT2D eigenvalue weighted by Gasteiger charge is -2.49. The van der Waals surface area contributed by atoms with Crippen LogP contribution < -0.4 is 10.2 Å². The lowest BCUT2D eigenvalue weighted by molar-refractivity contribution is 0.160. The summed E-state index contributed by atoms with van der Waals surface area (Å²) in [6.45, 7) is 8.97. The maximum atomic E-state index is 10.6. The van der Waals surface area contributed by atoms with Crippen LogP contribution in [0.4, 0.5) is 5.82 Å². The van der Waals surface area contributed by atoms with Crippen LogP contribution in [0.2, 0.25) is 5.15 Å². The second-order valence-electron chi connectivity index (χ2n) is 9.66. The van der Waals surface area contributed by atoms with Gasteiger partial charge in [-0.05, 0) is 58.2 Å². The topological polar surface area (TPSA) is 90.0 Å². The van der Waals surface area contributed by atoms with Crippen molar-refractivity contribution in [3.8, 4) is 28.1 Å². The van der Waals surface area contributed by atoms with Crippen molar-refractivity contribution in [1.29, 1.82) is 0 Å². The molecule has 1 aliphatic rings. The molecule has 0 unspecified atom stereocenters. The Kier molecular flexibility index (Phi) is 5.43. The van der Waals surface area contributed by atoms with E-state index in [1.54, 1.807) is 24.7 Å². The van der Waals surface area contributed by atoms with Crippen LogP contribution in [0.1, 0.15) is 40.5 Å². The van der Waals surface area contributed by atoms with E-state index in [4.69, 9.17) is 11.6 Å². The highest BCUT2D eigenvalue weighted by Crippen LogP contribution is 2.35. The summed E-state index contributed by atoms with van der Waals surface area (Å²) in [6.07, 6.45) is 7.16. The molecule has 0 bridgehead atoms. The third-order valence-corrected chi connectivity index (χ3v) is 6.18.